The van der Waals surface area contributed by atoms with Crippen LogP contribution in [0.25, 0.3) is 0 Å². The minimum atomic E-state index is -1.11. The van der Waals surface area contributed by atoms with Crippen molar-refractivity contribution in [3.63, 3.8) is 0 Å². The summed E-state index contributed by atoms with van der Waals surface area (Å²) < 4.78 is 11.5. The average molecular weight is 293 g/mol. The summed E-state index contributed by atoms with van der Waals surface area (Å²) in [6, 6.07) is 0. The van der Waals surface area contributed by atoms with Crippen LogP contribution in [0, 0.1) is 0 Å². The lowest BCUT2D eigenvalue weighted by molar-refractivity contribution is -0.146. The van der Waals surface area contributed by atoms with Crippen molar-refractivity contribution in [1.82, 2.24) is 4.90 Å². The third kappa shape index (κ3) is 2.32. The molecule has 116 valence electrons. The van der Waals surface area contributed by atoms with Crippen LogP contribution in [0.1, 0.15) is 59.3 Å². The van der Waals surface area contributed by atoms with Crippen molar-refractivity contribution in [3.05, 3.63) is 11.3 Å². The first-order valence-electron chi connectivity index (χ1n) is 7.80. The monoisotopic (exact) mass is 293 g/mol. The van der Waals surface area contributed by atoms with E-state index in [9.17, 15) is 9.59 Å². The van der Waals surface area contributed by atoms with Gasteiger partial charge in [-0.15, -0.1) is 0 Å². The predicted molar refractivity (Wildman–Crippen MR) is 76.5 cm³/mol. The molecule has 0 radical (unpaired) electrons. The molecule has 1 fully saturated rings. The van der Waals surface area contributed by atoms with E-state index in [2.05, 4.69) is 0 Å². The Morgan fingerprint density at radius 1 is 1.24 bits per heavy atom. The molecule has 0 saturated carbocycles. The lowest BCUT2D eigenvalue weighted by Crippen LogP contribution is -2.53. The van der Waals surface area contributed by atoms with E-state index in [0.717, 1.165) is 43.4 Å². The highest BCUT2D eigenvalue weighted by atomic mass is 16.6. The number of nitrogens with zero attached hydrogens (tertiary/aromatic N) is 1. The van der Waals surface area contributed by atoms with Crippen molar-refractivity contribution in [3.8, 4) is 0 Å². The second-order valence-corrected chi connectivity index (χ2v) is 7.06. The summed E-state index contributed by atoms with van der Waals surface area (Å²) in [5, 5.41) is 0. The summed E-state index contributed by atoms with van der Waals surface area (Å²) in [5.74, 6) is 0.794. The third-order valence-corrected chi connectivity index (χ3v) is 4.29. The molecule has 5 heteroatoms. The van der Waals surface area contributed by atoms with Gasteiger partial charge in [-0.1, -0.05) is 0 Å². The second-order valence-electron chi connectivity index (χ2n) is 7.06. The molecule has 3 aliphatic rings. The fraction of sp³-hybridized carbons (Fsp3) is 0.750. The van der Waals surface area contributed by atoms with Crippen LogP contribution < -0.4 is 0 Å². The lowest BCUT2D eigenvalue weighted by atomic mass is 9.92. The number of rotatable bonds is 0. The Labute approximate surface area is 125 Å². The zero-order valence-electron chi connectivity index (χ0n) is 13.0. The molecule has 1 spiro atoms. The van der Waals surface area contributed by atoms with Gasteiger partial charge in [0.1, 0.15) is 11.4 Å². The minimum absolute atomic E-state index is 0.0134. The maximum Gasteiger partial charge on any atom is 0.413 e. The summed E-state index contributed by atoms with van der Waals surface area (Å²) in [7, 11) is 0. The molecule has 1 aliphatic carbocycles. The van der Waals surface area contributed by atoms with Crippen LogP contribution in [-0.4, -0.2) is 34.6 Å². The highest BCUT2D eigenvalue weighted by Gasteiger charge is 2.58. The van der Waals surface area contributed by atoms with E-state index in [1.165, 1.54) is 4.90 Å². The molecule has 1 saturated heterocycles. The standard InChI is InChI=1S/C16H23NO4/c1-15(2,3)21-14(19)17-10-6-9-16(17)13(18)11-7-4-5-8-12(11)20-16/h4-10H2,1-3H3. The van der Waals surface area contributed by atoms with Crippen LogP contribution in [0.5, 0.6) is 0 Å². The quantitative estimate of drug-likeness (QED) is 0.688. The maximum absolute atomic E-state index is 12.8. The van der Waals surface area contributed by atoms with Gasteiger partial charge in [0.25, 0.3) is 5.72 Å². The summed E-state index contributed by atoms with van der Waals surface area (Å²) in [6.45, 7) is 6.00. The highest BCUT2D eigenvalue weighted by molar-refractivity contribution is 6.05. The number of carbonyl (C=O) groups is 2. The Bertz CT molecular complexity index is 517. The maximum atomic E-state index is 12.8. The smallest absolute Gasteiger partial charge is 0.413 e. The number of hydrogen-bond donors (Lipinski definition) is 0. The minimum Gasteiger partial charge on any atom is -0.464 e. The summed E-state index contributed by atoms with van der Waals surface area (Å²) in [5.41, 5.74) is -0.885. The topological polar surface area (TPSA) is 55.8 Å². The fourth-order valence-electron chi connectivity index (χ4n) is 3.41. The molecule has 0 aromatic rings. The van der Waals surface area contributed by atoms with Gasteiger partial charge in [-0.05, 0) is 46.5 Å². The Morgan fingerprint density at radius 2 is 1.95 bits per heavy atom. The fourth-order valence-corrected chi connectivity index (χ4v) is 3.41. The number of ketones is 1. The zero-order chi connectivity index (χ0) is 15.3. The largest absolute Gasteiger partial charge is 0.464 e. The molecule has 2 aliphatic heterocycles. The molecule has 1 amide bonds. The first-order chi connectivity index (χ1) is 9.83. The van der Waals surface area contributed by atoms with Crippen molar-refractivity contribution in [2.45, 2.75) is 70.6 Å². The van der Waals surface area contributed by atoms with E-state index in [4.69, 9.17) is 9.47 Å². The van der Waals surface area contributed by atoms with Crippen LogP contribution >= 0.6 is 0 Å². The average Bonchev–Trinajstić information content (AvgIpc) is 2.92. The van der Waals surface area contributed by atoms with Gasteiger partial charge in [0.2, 0.25) is 5.78 Å². The first-order valence-corrected chi connectivity index (χ1v) is 7.80. The molecule has 0 aromatic heterocycles. The molecule has 1 unspecified atom stereocenters. The van der Waals surface area contributed by atoms with Crippen molar-refractivity contribution in [2.24, 2.45) is 0 Å². The number of amides is 1. The van der Waals surface area contributed by atoms with Crippen molar-refractivity contribution in [2.75, 3.05) is 6.54 Å². The zero-order valence-corrected chi connectivity index (χ0v) is 13.0. The number of Topliss-reactive ketones (excluding diaryl/α,β-unsaturated/α-hetero) is 1. The molecular formula is C16H23NO4. The van der Waals surface area contributed by atoms with Crippen LogP contribution in [0.15, 0.2) is 11.3 Å². The normalized spacial score (nSPS) is 28.9. The summed E-state index contributed by atoms with van der Waals surface area (Å²) >= 11 is 0. The Kier molecular flexibility index (Phi) is 3.26. The van der Waals surface area contributed by atoms with Gasteiger partial charge >= 0.3 is 6.09 Å². The first kappa shape index (κ1) is 14.4. The van der Waals surface area contributed by atoms with E-state index < -0.39 is 17.4 Å². The van der Waals surface area contributed by atoms with E-state index in [-0.39, 0.29) is 5.78 Å². The number of likely N-dealkylation sites (tertiary alicyclic amines) is 1. The van der Waals surface area contributed by atoms with Crippen LogP contribution in [0.2, 0.25) is 0 Å². The number of ether oxygens (including phenoxy) is 2. The van der Waals surface area contributed by atoms with Gasteiger partial charge in [0.05, 0.1) is 0 Å². The molecule has 0 N–H and O–H groups in total. The number of hydrogen-bond acceptors (Lipinski definition) is 4. The lowest BCUT2D eigenvalue weighted by Gasteiger charge is -2.34. The van der Waals surface area contributed by atoms with Crippen LogP contribution in [0.3, 0.4) is 0 Å². The van der Waals surface area contributed by atoms with Crippen LogP contribution in [0.4, 0.5) is 4.79 Å². The molecule has 2 heterocycles. The molecule has 0 bridgehead atoms. The molecular weight excluding hydrogens is 270 g/mol. The summed E-state index contributed by atoms with van der Waals surface area (Å²) in [4.78, 5) is 26.7. The number of carbonyl (C=O) groups excluding carboxylic acids is 2. The van der Waals surface area contributed by atoms with Gasteiger partial charge in [0, 0.05) is 25.0 Å². The Balaban J connectivity index is 1.85. The Morgan fingerprint density at radius 3 is 2.62 bits per heavy atom. The van der Waals surface area contributed by atoms with Gasteiger partial charge in [0.15, 0.2) is 0 Å². The van der Waals surface area contributed by atoms with E-state index in [1.807, 2.05) is 20.8 Å². The molecule has 5 nitrogen and oxygen atoms in total. The second kappa shape index (κ2) is 4.75. The molecule has 21 heavy (non-hydrogen) atoms. The van der Waals surface area contributed by atoms with Crippen LogP contribution in [-0.2, 0) is 14.3 Å². The van der Waals surface area contributed by atoms with E-state index in [0.29, 0.717) is 13.0 Å². The highest BCUT2D eigenvalue weighted by Crippen LogP contribution is 2.46. The Hall–Kier alpha value is -1.52. The molecule has 1 atom stereocenters. The SMILES string of the molecule is CC(C)(C)OC(=O)N1CCCC12OC1=C(CCCC1)C2=O. The third-order valence-electron chi connectivity index (χ3n) is 4.29. The van der Waals surface area contributed by atoms with Crippen molar-refractivity contribution in [1.29, 1.82) is 0 Å². The predicted octanol–water partition coefficient (Wildman–Crippen LogP) is 3.14. The van der Waals surface area contributed by atoms with Crippen molar-refractivity contribution < 1.29 is 19.1 Å². The van der Waals surface area contributed by atoms with Gasteiger partial charge < -0.3 is 9.47 Å². The van der Waals surface area contributed by atoms with E-state index >= 15 is 0 Å². The van der Waals surface area contributed by atoms with Gasteiger partial charge in [-0.2, -0.15) is 0 Å². The summed E-state index contributed by atoms with van der Waals surface area (Å²) in [6.07, 6.45) is 4.55. The van der Waals surface area contributed by atoms with Gasteiger partial charge in [-0.25, -0.2) is 4.79 Å². The van der Waals surface area contributed by atoms with Gasteiger partial charge in [-0.3, -0.25) is 9.69 Å². The molecule has 0 aromatic carbocycles. The van der Waals surface area contributed by atoms with Crippen molar-refractivity contribution >= 4 is 11.9 Å². The molecule has 3 rings (SSSR count). The van der Waals surface area contributed by atoms with E-state index in [1.54, 1.807) is 0 Å². The number of allylic oxidation sites excluding steroid dienone is 1.